The molecule has 0 radical (unpaired) electrons. The molecule has 0 aliphatic heterocycles. The van der Waals surface area contributed by atoms with Crippen molar-refractivity contribution in [3.05, 3.63) is 0 Å². The minimum Gasteiger partial charge on any atom is -0.375 e. The number of hydrogen-bond donors (Lipinski definition) is 2. The lowest BCUT2D eigenvalue weighted by Crippen LogP contribution is -2.47. The van der Waals surface area contributed by atoms with E-state index in [1.807, 2.05) is 6.92 Å². The highest BCUT2D eigenvalue weighted by Gasteiger charge is 2.20. The Morgan fingerprint density at radius 2 is 2.00 bits per heavy atom. The molecule has 10 heavy (non-hydrogen) atoms. The van der Waals surface area contributed by atoms with Gasteiger partial charge >= 0.3 is 0 Å². The first-order chi connectivity index (χ1) is 4.62. The Balaban J connectivity index is 3.42. The van der Waals surface area contributed by atoms with E-state index in [0.717, 1.165) is 0 Å². The van der Waals surface area contributed by atoms with Crippen molar-refractivity contribution in [2.45, 2.75) is 19.8 Å². The summed E-state index contributed by atoms with van der Waals surface area (Å²) in [5.74, 6) is -1.62. The van der Waals surface area contributed by atoms with Crippen molar-refractivity contribution in [1.29, 1.82) is 0 Å². The molecule has 1 unspecified atom stereocenters. The van der Waals surface area contributed by atoms with E-state index in [0.29, 0.717) is 13.2 Å². The van der Waals surface area contributed by atoms with E-state index >= 15 is 0 Å². The summed E-state index contributed by atoms with van der Waals surface area (Å²) < 4.78 is 9.59. The summed E-state index contributed by atoms with van der Waals surface area (Å²) in [5.41, 5.74) is 5.22. The van der Waals surface area contributed by atoms with Crippen LogP contribution in [-0.2, 0) is 9.47 Å². The van der Waals surface area contributed by atoms with Crippen LogP contribution in [0.15, 0.2) is 0 Å². The Kier molecular flexibility index (Phi) is 4.55. The van der Waals surface area contributed by atoms with Gasteiger partial charge in [-0.25, -0.2) is 0 Å². The van der Waals surface area contributed by atoms with Crippen LogP contribution >= 0.6 is 0 Å². The quantitative estimate of drug-likeness (QED) is 0.525. The van der Waals surface area contributed by atoms with Crippen molar-refractivity contribution in [3.63, 3.8) is 0 Å². The molecular formula is C6H15NO3. The number of rotatable bonds is 5. The van der Waals surface area contributed by atoms with Crippen molar-refractivity contribution < 1.29 is 14.6 Å². The van der Waals surface area contributed by atoms with Crippen LogP contribution in [0.3, 0.4) is 0 Å². The number of aliphatic hydroxyl groups is 1. The molecular weight excluding hydrogens is 134 g/mol. The summed E-state index contributed by atoms with van der Waals surface area (Å²) >= 11 is 0. The van der Waals surface area contributed by atoms with Gasteiger partial charge in [0.05, 0.1) is 0 Å². The molecule has 0 spiro atoms. The molecule has 0 aromatic heterocycles. The second kappa shape index (κ2) is 4.62. The van der Waals surface area contributed by atoms with Crippen LogP contribution in [0.25, 0.3) is 0 Å². The number of ether oxygens (including phenoxy) is 2. The number of hydrogen-bond acceptors (Lipinski definition) is 4. The molecule has 0 fully saturated rings. The molecule has 0 aliphatic rings. The first kappa shape index (κ1) is 9.84. The first-order valence-corrected chi connectivity index (χ1v) is 3.35. The maximum atomic E-state index is 9.08. The highest BCUT2D eigenvalue weighted by Crippen LogP contribution is 1.97. The van der Waals surface area contributed by atoms with Gasteiger partial charge in [0.1, 0.15) is 6.61 Å². The molecule has 62 valence electrons. The molecule has 3 N–H and O–H groups in total. The van der Waals surface area contributed by atoms with Crippen LogP contribution in [0.5, 0.6) is 0 Å². The predicted molar refractivity (Wildman–Crippen MR) is 37.3 cm³/mol. The molecule has 0 saturated carbocycles. The van der Waals surface area contributed by atoms with E-state index in [2.05, 4.69) is 0 Å². The molecule has 0 heterocycles. The van der Waals surface area contributed by atoms with Crippen LogP contribution in [0.1, 0.15) is 13.8 Å². The van der Waals surface area contributed by atoms with E-state index < -0.39 is 5.91 Å². The van der Waals surface area contributed by atoms with Crippen molar-refractivity contribution in [3.8, 4) is 0 Å². The molecule has 4 heteroatoms. The maximum Gasteiger partial charge on any atom is 0.247 e. The van der Waals surface area contributed by atoms with Gasteiger partial charge in [-0.15, -0.1) is 0 Å². The van der Waals surface area contributed by atoms with E-state index in [1.165, 1.54) is 0 Å². The van der Waals surface area contributed by atoms with Crippen molar-refractivity contribution in [1.82, 2.24) is 0 Å². The average Bonchev–Trinajstić information content (AvgIpc) is 1.84. The SMILES string of the molecule is CCOCC(N)(O)OCC. The van der Waals surface area contributed by atoms with Gasteiger partial charge in [-0.3, -0.25) is 5.73 Å². The maximum absolute atomic E-state index is 9.08. The van der Waals surface area contributed by atoms with Gasteiger partial charge in [-0.05, 0) is 13.8 Å². The Morgan fingerprint density at radius 1 is 1.40 bits per heavy atom. The van der Waals surface area contributed by atoms with Crippen LogP contribution in [0.2, 0.25) is 0 Å². The Labute approximate surface area is 60.9 Å². The summed E-state index contributed by atoms with van der Waals surface area (Å²) in [6.45, 7) is 4.48. The Morgan fingerprint density at radius 3 is 2.40 bits per heavy atom. The van der Waals surface area contributed by atoms with Gasteiger partial charge in [0.15, 0.2) is 0 Å². The Bertz CT molecular complexity index is 85.1. The second-order valence-corrected chi connectivity index (χ2v) is 1.91. The fraction of sp³-hybridized carbons (Fsp3) is 1.00. The zero-order chi connectivity index (χ0) is 8.04. The van der Waals surface area contributed by atoms with Gasteiger partial charge < -0.3 is 14.6 Å². The van der Waals surface area contributed by atoms with Crippen molar-refractivity contribution in [2.24, 2.45) is 5.73 Å². The molecule has 1 atom stereocenters. The topological polar surface area (TPSA) is 64.7 Å². The summed E-state index contributed by atoms with van der Waals surface area (Å²) in [6, 6.07) is 0. The van der Waals surface area contributed by atoms with E-state index in [-0.39, 0.29) is 6.61 Å². The highest BCUT2D eigenvalue weighted by atomic mass is 16.7. The van der Waals surface area contributed by atoms with Gasteiger partial charge in [-0.2, -0.15) is 0 Å². The van der Waals surface area contributed by atoms with Crippen molar-refractivity contribution >= 4 is 0 Å². The van der Waals surface area contributed by atoms with Gasteiger partial charge in [0.25, 0.3) is 0 Å². The first-order valence-electron chi connectivity index (χ1n) is 3.35. The molecule has 4 nitrogen and oxygen atoms in total. The summed E-state index contributed by atoms with van der Waals surface area (Å²) in [7, 11) is 0. The standard InChI is InChI=1S/C6H15NO3/c1-3-9-5-6(7,8)10-4-2/h8H,3-5,7H2,1-2H3. The monoisotopic (exact) mass is 149 g/mol. The normalized spacial score (nSPS) is 16.8. The lowest BCUT2D eigenvalue weighted by molar-refractivity contribution is -0.225. The fourth-order valence-electron chi connectivity index (χ4n) is 0.540. The summed E-state index contributed by atoms with van der Waals surface area (Å²) in [4.78, 5) is 0. The smallest absolute Gasteiger partial charge is 0.247 e. The third kappa shape index (κ3) is 4.69. The summed E-state index contributed by atoms with van der Waals surface area (Å²) in [5, 5.41) is 9.08. The molecule has 0 aliphatic carbocycles. The molecule has 0 aromatic rings. The van der Waals surface area contributed by atoms with E-state index in [4.69, 9.17) is 20.3 Å². The largest absolute Gasteiger partial charge is 0.375 e. The minimum atomic E-state index is -1.62. The van der Waals surface area contributed by atoms with E-state index in [1.54, 1.807) is 6.92 Å². The molecule has 0 rings (SSSR count). The lowest BCUT2D eigenvalue weighted by Gasteiger charge is -2.21. The van der Waals surface area contributed by atoms with Gasteiger partial charge in [0, 0.05) is 13.2 Å². The zero-order valence-electron chi connectivity index (χ0n) is 6.46. The minimum absolute atomic E-state index is 0.0112. The fourth-order valence-corrected chi connectivity index (χ4v) is 0.540. The number of nitrogens with two attached hydrogens (primary N) is 1. The zero-order valence-corrected chi connectivity index (χ0v) is 6.46. The van der Waals surface area contributed by atoms with Gasteiger partial charge in [0.2, 0.25) is 5.91 Å². The molecule has 0 amide bonds. The molecule has 0 aromatic carbocycles. The van der Waals surface area contributed by atoms with Crippen LogP contribution in [-0.4, -0.2) is 30.8 Å². The highest BCUT2D eigenvalue weighted by molar-refractivity contribution is 4.53. The van der Waals surface area contributed by atoms with Crippen molar-refractivity contribution in [2.75, 3.05) is 19.8 Å². The third-order valence-corrected chi connectivity index (χ3v) is 0.907. The third-order valence-electron chi connectivity index (χ3n) is 0.907. The lowest BCUT2D eigenvalue weighted by atomic mass is 10.5. The molecule has 0 saturated heterocycles. The molecule has 0 bridgehead atoms. The summed E-state index contributed by atoms with van der Waals surface area (Å²) in [6.07, 6.45) is 0. The average molecular weight is 149 g/mol. The van der Waals surface area contributed by atoms with Gasteiger partial charge in [-0.1, -0.05) is 0 Å². The van der Waals surface area contributed by atoms with Crippen LogP contribution < -0.4 is 5.73 Å². The Hall–Kier alpha value is -0.160. The second-order valence-electron chi connectivity index (χ2n) is 1.91. The predicted octanol–water partition coefficient (Wildman–Crippen LogP) is -0.336. The van der Waals surface area contributed by atoms with E-state index in [9.17, 15) is 0 Å². The van der Waals surface area contributed by atoms with Crippen LogP contribution in [0, 0.1) is 0 Å². The van der Waals surface area contributed by atoms with Crippen LogP contribution in [0.4, 0.5) is 0 Å².